The van der Waals surface area contributed by atoms with Crippen molar-refractivity contribution in [3.8, 4) is 11.6 Å². The molecule has 0 fully saturated rings. The number of ether oxygens (including phenoxy) is 1. The maximum Gasteiger partial charge on any atom is 0.224 e. The van der Waals surface area contributed by atoms with E-state index in [-0.39, 0.29) is 5.91 Å². The van der Waals surface area contributed by atoms with Gasteiger partial charge in [0, 0.05) is 25.4 Å². The van der Waals surface area contributed by atoms with Gasteiger partial charge in [0.15, 0.2) is 5.82 Å². The minimum Gasteiger partial charge on any atom is -0.497 e. The van der Waals surface area contributed by atoms with Crippen LogP contribution in [0.3, 0.4) is 0 Å². The van der Waals surface area contributed by atoms with Gasteiger partial charge in [-0.05, 0) is 30.7 Å². The number of amides is 1. The van der Waals surface area contributed by atoms with Crippen LogP contribution in [0, 0.1) is 6.92 Å². The normalized spacial score (nSPS) is 10.4. The van der Waals surface area contributed by atoms with Crippen molar-refractivity contribution >= 4 is 11.7 Å². The summed E-state index contributed by atoms with van der Waals surface area (Å²) in [4.78, 5) is 20.4. The van der Waals surface area contributed by atoms with Gasteiger partial charge in [-0.2, -0.15) is 5.10 Å². The van der Waals surface area contributed by atoms with Crippen molar-refractivity contribution in [1.82, 2.24) is 25.1 Å². The summed E-state index contributed by atoms with van der Waals surface area (Å²) in [7, 11) is 1.62. The van der Waals surface area contributed by atoms with Crippen LogP contribution >= 0.6 is 0 Å². The predicted molar refractivity (Wildman–Crippen MR) is 102 cm³/mol. The number of hydrogen-bond donors (Lipinski definition) is 2. The minimum absolute atomic E-state index is 0.0302. The number of nitrogens with one attached hydrogen (secondary N) is 2. The zero-order valence-electron chi connectivity index (χ0n) is 15.3. The van der Waals surface area contributed by atoms with Gasteiger partial charge in [-0.25, -0.2) is 14.6 Å². The van der Waals surface area contributed by atoms with E-state index in [0.717, 1.165) is 17.0 Å². The summed E-state index contributed by atoms with van der Waals surface area (Å²) in [6.07, 6.45) is 3.66. The second kappa shape index (κ2) is 8.79. The van der Waals surface area contributed by atoms with E-state index in [9.17, 15) is 4.79 Å². The molecule has 0 aliphatic carbocycles. The monoisotopic (exact) mass is 366 g/mol. The Morgan fingerprint density at radius 2 is 1.96 bits per heavy atom. The summed E-state index contributed by atoms with van der Waals surface area (Å²) in [6, 6.07) is 11.2. The fourth-order valence-electron chi connectivity index (χ4n) is 2.50. The zero-order valence-corrected chi connectivity index (χ0v) is 15.3. The second-order valence-electron chi connectivity index (χ2n) is 5.96. The maximum absolute atomic E-state index is 12.0. The molecule has 8 nitrogen and oxygen atoms in total. The predicted octanol–water partition coefficient (Wildman–Crippen LogP) is 1.75. The topological polar surface area (TPSA) is 94.0 Å². The van der Waals surface area contributed by atoms with Crippen molar-refractivity contribution in [1.29, 1.82) is 0 Å². The first kappa shape index (κ1) is 18.4. The quantitative estimate of drug-likeness (QED) is 0.590. The molecule has 2 heterocycles. The molecular weight excluding hydrogens is 344 g/mol. The average Bonchev–Trinajstić information content (AvgIpc) is 3.12. The molecule has 0 radical (unpaired) electrons. The molecule has 0 bridgehead atoms. The lowest BCUT2D eigenvalue weighted by atomic mass is 10.1. The molecular formula is C19H22N6O2. The van der Waals surface area contributed by atoms with Crippen LogP contribution in [-0.4, -0.2) is 45.9 Å². The van der Waals surface area contributed by atoms with Crippen LogP contribution in [0.4, 0.5) is 5.82 Å². The van der Waals surface area contributed by atoms with Crippen molar-refractivity contribution in [2.45, 2.75) is 13.3 Å². The number of carbonyl (C=O) groups excluding carboxylic acids is 1. The molecule has 8 heteroatoms. The van der Waals surface area contributed by atoms with Gasteiger partial charge in [-0.1, -0.05) is 12.1 Å². The first-order chi connectivity index (χ1) is 13.1. The number of hydrogen-bond acceptors (Lipinski definition) is 6. The fourth-order valence-corrected chi connectivity index (χ4v) is 2.50. The van der Waals surface area contributed by atoms with E-state index in [0.29, 0.717) is 31.1 Å². The SMILES string of the molecule is COc1ccc(CC(=O)NCCNc2cc(-n3ccc(C)n3)ncn2)cc1. The first-order valence-corrected chi connectivity index (χ1v) is 8.62. The van der Waals surface area contributed by atoms with Crippen LogP contribution in [0.1, 0.15) is 11.3 Å². The van der Waals surface area contributed by atoms with Crippen molar-refractivity contribution in [3.05, 3.63) is 60.2 Å². The Morgan fingerprint density at radius 3 is 2.67 bits per heavy atom. The number of anilines is 1. The molecule has 0 aliphatic rings. The molecule has 0 atom stereocenters. The summed E-state index contributed by atoms with van der Waals surface area (Å²) in [5, 5.41) is 10.4. The molecule has 3 aromatic rings. The van der Waals surface area contributed by atoms with E-state index in [1.165, 1.54) is 6.33 Å². The lowest BCUT2D eigenvalue weighted by Crippen LogP contribution is -2.30. The average molecular weight is 366 g/mol. The molecule has 1 amide bonds. The van der Waals surface area contributed by atoms with Gasteiger partial charge in [-0.15, -0.1) is 0 Å². The van der Waals surface area contributed by atoms with Gasteiger partial charge in [0.25, 0.3) is 0 Å². The number of aromatic nitrogens is 4. The lowest BCUT2D eigenvalue weighted by molar-refractivity contribution is -0.120. The van der Waals surface area contributed by atoms with Gasteiger partial charge in [0.2, 0.25) is 5.91 Å². The van der Waals surface area contributed by atoms with Crippen LogP contribution in [0.2, 0.25) is 0 Å². The molecule has 140 valence electrons. The molecule has 2 N–H and O–H groups in total. The molecule has 0 unspecified atom stereocenters. The summed E-state index contributed by atoms with van der Waals surface area (Å²) < 4.78 is 6.80. The lowest BCUT2D eigenvalue weighted by Gasteiger charge is -2.09. The number of nitrogens with zero attached hydrogens (tertiary/aromatic N) is 4. The number of carbonyl (C=O) groups is 1. The Morgan fingerprint density at radius 1 is 1.15 bits per heavy atom. The highest BCUT2D eigenvalue weighted by atomic mass is 16.5. The van der Waals surface area contributed by atoms with E-state index >= 15 is 0 Å². The second-order valence-corrected chi connectivity index (χ2v) is 5.96. The molecule has 2 aromatic heterocycles. The molecule has 0 spiro atoms. The first-order valence-electron chi connectivity index (χ1n) is 8.62. The van der Waals surface area contributed by atoms with Gasteiger partial charge < -0.3 is 15.4 Å². The van der Waals surface area contributed by atoms with Crippen LogP contribution in [0.15, 0.2) is 48.9 Å². The highest BCUT2D eigenvalue weighted by Crippen LogP contribution is 2.11. The van der Waals surface area contributed by atoms with Crippen molar-refractivity contribution in [2.24, 2.45) is 0 Å². The Kier molecular flexibility index (Phi) is 5.98. The smallest absolute Gasteiger partial charge is 0.224 e. The van der Waals surface area contributed by atoms with Crippen molar-refractivity contribution < 1.29 is 9.53 Å². The van der Waals surface area contributed by atoms with E-state index in [4.69, 9.17) is 4.74 Å². The Labute approximate surface area is 157 Å². The third-order valence-corrected chi connectivity index (χ3v) is 3.89. The largest absolute Gasteiger partial charge is 0.497 e. The molecule has 27 heavy (non-hydrogen) atoms. The molecule has 1 aromatic carbocycles. The Hall–Kier alpha value is -3.42. The zero-order chi connectivity index (χ0) is 19.1. The van der Waals surface area contributed by atoms with Crippen LogP contribution < -0.4 is 15.4 Å². The van der Waals surface area contributed by atoms with Crippen molar-refractivity contribution in [3.63, 3.8) is 0 Å². The Balaban J connectivity index is 1.43. The molecule has 0 saturated carbocycles. The highest BCUT2D eigenvalue weighted by molar-refractivity contribution is 5.78. The van der Waals surface area contributed by atoms with Crippen LogP contribution in [-0.2, 0) is 11.2 Å². The van der Waals surface area contributed by atoms with Gasteiger partial charge in [0.05, 0.1) is 19.2 Å². The Bertz CT molecular complexity index is 891. The fraction of sp³-hybridized carbons (Fsp3) is 0.263. The summed E-state index contributed by atoms with van der Waals surface area (Å²) in [5.74, 6) is 2.11. The van der Waals surface area contributed by atoms with Crippen molar-refractivity contribution in [2.75, 3.05) is 25.5 Å². The summed E-state index contributed by atoms with van der Waals surface area (Å²) in [5.41, 5.74) is 1.86. The van der Waals surface area contributed by atoms with E-state index < -0.39 is 0 Å². The van der Waals surface area contributed by atoms with E-state index in [1.807, 2.05) is 49.5 Å². The van der Waals surface area contributed by atoms with Gasteiger partial charge >= 0.3 is 0 Å². The summed E-state index contributed by atoms with van der Waals surface area (Å²) in [6.45, 7) is 2.98. The summed E-state index contributed by atoms with van der Waals surface area (Å²) >= 11 is 0. The third-order valence-electron chi connectivity index (χ3n) is 3.89. The van der Waals surface area contributed by atoms with E-state index in [2.05, 4.69) is 25.7 Å². The third kappa shape index (κ3) is 5.27. The molecule has 0 saturated heterocycles. The minimum atomic E-state index is -0.0302. The van der Waals surface area contributed by atoms with Crippen LogP contribution in [0.5, 0.6) is 5.75 Å². The van der Waals surface area contributed by atoms with E-state index in [1.54, 1.807) is 11.8 Å². The number of rotatable bonds is 8. The number of aryl methyl sites for hydroxylation is 1. The molecule has 3 rings (SSSR count). The van der Waals surface area contributed by atoms with Gasteiger partial charge in [0.1, 0.15) is 17.9 Å². The maximum atomic E-state index is 12.0. The molecule has 0 aliphatic heterocycles. The standard InChI is InChI=1S/C19H22N6O2/c1-14-7-10-25(24-14)18-12-17(22-13-23-18)20-8-9-21-19(26)11-15-3-5-16(27-2)6-4-15/h3-7,10,12-13H,8-9,11H2,1-2H3,(H,21,26)(H,20,22,23). The number of benzene rings is 1. The highest BCUT2D eigenvalue weighted by Gasteiger charge is 2.05. The number of methoxy groups -OCH3 is 1. The van der Waals surface area contributed by atoms with Gasteiger partial charge in [-0.3, -0.25) is 4.79 Å². The van der Waals surface area contributed by atoms with Crippen LogP contribution in [0.25, 0.3) is 5.82 Å².